The second kappa shape index (κ2) is 12.3. The Labute approximate surface area is 143 Å². The maximum absolute atomic E-state index is 9.10. The first-order valence-corrected chi connectivity index (χ1v) is 7.18. The number of benzene rings is 1. The van der Waals surface area contributed by atoms with Gasteiger partial charge in [-0.3, -0.25) is 0 Å². The highest BCUT2D eigenvalue weighted by molar-refractivity contribution is 6.27. The van der Waals surface area contributed by atoms with E-state index in [9.17, 15) is 0 Å². The van der Waals surface area contributed by atoms with E-state index in [0.717, 1.165) is 6.54 Å². The Morgan fingerprint density at radius 3 is 1.76 bits per heavy atom. The van der Waals surface area contributed by atoms with Crippen LogP contribution in [0.15, 0.2) is 30.3 Å². The maximum atomic E-state index is 9.10. The highest BCUT2D eigenvalue weighted by Crippen LogP contribution is 2.08. The van der Waals surface area contributed by atoms with E-state index >= 15 is 0 Å². The molecule has 1 aliphatic rings. The van der Waals surface area contributed by atoms with Crippen LogP contribution in [-0.4, -0.2) is 63.4 Å². The van der Waals surface area contributed by atoms with Crippen LogP contribution in [0, 0.1) is 0 Å². The van der Waals surface area contributed by atoms with Crippen molar-refractivity contribution in [3.63, 3.8) is 0 Å². The van der Waals surface area contributed by atoms with Crippen molar-refractivity contribution in [2.45, 2.75) is 18.9 Å². The number of anilines is 1. The number of nitrogens with one attached hydrogen (secondary N) is 2. The Morgan fingerprint density at radius 1 is 0.920 bits per heavy atom. The van der Waals surface area contributed by atoms with Crippen LogP contribution in [0.3, 0.4) is 0 Å². The van der Waals surface area contributed by atoms with E-state index in [1.54, 1.807) is 0 Å². The largest absolute Gasteiger partial charge is 0.473 e. The number of rotatable bonds is 3. The van der Waals surface area contributed by atoms with Gasteiger partial charge in [0.15, 0.2) is 0 Å². The summed E-state index contributed by atoms with van der Waals surface area (Å²) in [4.78, 5) is 36.4. The molecule has 0 spiro atoms. The number of carbonyl (C=O) groups is 4. The number of aliphatic carboxylic acids is 4. The second-order valence-corrected chi connectivity index (χ2v) is 4.76. The minimum absolute atomic E-state index is 0.667. The normalized spacial score (nSPS) is 14.8. The molecular formula is C15H20N2O8. The first-order valence-electron chi connectivity index (χ1n) is 7.18. The van der Waals surface area contributed by atoms with Crippen LogP contribution < -0.4 is 10.6 Å². The van der Waals surface area contributed by atoms with Crippen molar-refractivity contribution < 1.29 is 39.6 Å². The van der Waals surface area contributed by atoms with Gasteiger partial charge in [-0.1, -0.05) is 18.2 Å². The quantitative estimate of drug-likeness (QED) is 0.409. The molecule has 1 heterocycles. The molecule has 0 aliphatic carbocycles. The highest BCUT2D eigenvalue weighted by atomic mass is 16.4. The topological polar surface area (TPSA) is 173 Å². The molecule has 1 aliphatic heterocycles. The lowest BCUT2D eigenvalue weighted by molar-refractivity contribution is -0.159. The Hall–Kier alpha value is -3.14. The molecule has 0 amide bonds. The minimum Gasteiger partial charge on any atom is -0.473 e. The van der Waals surface area contributed by atoms with Crippen LogP contribution in [0.2, 0.25) is 0 Å². The molecule has 10 nitrogen and oxygen atoms in total. The third kappa shape index (κ3) is 12.0. The van der Waals surface area contributed by atoms with Gasteiger partial charge in [-0.15, -0.1) is 0 Å². The predicted octanol–water partition coefficient (Wildman–Crippen LogP) is 0.162. The molecule has 0 bridgehead atoms. The number of carboxylic acids is 4. The fraction of sp³-hybridized carbons (Fsp3) is 0.333. The van der Waals surface area contributed by atoms with Gasteiger partial charge in [-0.25, -0.2) is 19.2 Å². The van der Waals surface area contributed by atoms with E-state index in [4.69, 9.17) is 39.6 Å². The average Bonchev–Trinajstić information content (AvgIpc) is 3.08. The van der Waals surface area contributed by atoms with Crippen molar-refractivity contribution in [1.82, 2.24) is 5.32 Å². The summed E-state index contributed by atoms with van der Waals surface area (Å²) in [5, 5.41) is 36.5. The third-order valence-corrected chi connectivity index (χ3v) is 2.85. The van der Waals surface area contributed by atoms with Crippen molar-refractivity contribution in [2.24, 2.45) is 0 Å². The Balaban J connectivity index is 0.000000406. The van der Waals surface area contributed by atoms with Gasteiger partial charge in [0.1, 0.15) is 0 Å². The summed E-state index contributed by atoms with van der Waals surface area (Å²) < 4.78 is 0. The smallest absolute Gasteiger partial charge is 0.414 e. The summed E-state index contributed by atoms with van der Waals surface area (Å²) in [6.07, 6.45) is 2.63. The molecule has 0 saturated carbocycles. The van der Waals surface area contributed by atoms with Gasteiger partial charge in [-0.2, -0.15) is 0 Å². The van der Waals surface area contributed by atoms with Crippen LogP contribution in [0.4, 0.5) is 5.69 Å². The molecule has 10 heteroatoms. The molecule has 1 saturated heterocycles. The van der Waals surface area contributed by atoms with Gasteiger partial charge >= 0.3 is 23.9 Å². The Kier molecular flexibility index (Phi) is 10.8. The molecule has 25 heavy (non-hydrogen) atoms. The lowest BCUT2D eigenvalue weighted by Gasteiger charge is -2.12. The molecule has 1 unspecified atom stereocenters. The Bertz CT molecular complexity index is 522. The zero-order valence-corrected chi connectivity index (χ0v) is 13.2. The average molecular weight is 356 g/mol. The summed E-state index contributed by atoms with van der Waals surface area (Å²) in [6, 6.07) is 11.0. The van der Waals surface area contributed by atoms with Gasteiger partial charge in [0.25, 0.3) is 0 Å². The van der Waals surface area contributed by atoms with Gasteiger partial charge < -0.3 is 31.1 Å². The molecular weight excluding hydrogens is 336 g/mol. The summed E-state index contributed by atoms with van der Waals surface area (Å²) in [6.45, 7) is 2.23. The molecule has 0 radical (unpaired) electrons. The third-order valence-electron chi connectivity index (χ3n) is 2.85. The van der Waals surface area contributed by atoms with Crippen LogP contribution in [0.5, 0.6) is 0 Å². The molecule has 1 aromatic carbocycles. The van der Waals surface area contributed by atoms with Crippen LogP contribution >= 0.6 is 0 Å². The van der Waals surface area contributed by atoms with Gasteiger partial charge in [0.05, 0.1) is 0 Å². The predicted molar refractivity (Wildman–Crippen MR) is 86.5 cm³/mol. The molecule has 1 aromatic rings. The summed E-state index contributed by atoms with van der Waals surface area (Å²) in [7, 11) is 0. The molecule has 1 fully saturated rings. The van der Waals surface area contributed by atoms with E-state index in [2.05, 4.69) is 34.9 Å². The maximum Gasteiger partial charge on any atom is 0.414 e. The van der Waals surface area contributed by atoms with Crippen molar-refractivity contribution in [3.8, 4) is 0 Å². The fourth-order valence-electron chi connectivity index (χ4n) is 1.73. The first-order chi connectivity index (χ1) is 11.7. The summed E-state index contributed by atoms with van der Waals surface area (Å²) >= 11 is 0. The van der Waals surface area contributed by atoms with E-state index in [-0.39, 0.29) is 0 Å². The lowest BCUT2D eigenvalue weighted by Crippen LogP contribution is -2.29. The molecule has 2 rings (SSSR count). The van der Waals surface area contributed by atoms with Crippen LogP contribution in [-0.2, 0) is 19.2 Å². The molecule has 6 N–H and O–H groups in total. The first kappa shape index (κ1) is 21.9. The highest BCUT2D eigenvalue weighted by Gasteiger charge is 2.12. The molecule has 0 aromatic heterocycles. The minimum atomic E-state index is -1.82. The summed E-state index contributed by atoms with van der Waals surface area (Å²) in [5.41, 5.74) is 1.22. The van der Waals surface area contributed by atoms with Gasteiger partial charge in [0, 0.05) is 18.3 Å². The van der Waals surface area contributed by atoms with Crippen molar-refractivity contribution in [2.75, 3.05) is 18.4 Å². The van der Waals surface area contributed by atoms with E-state index in [1.807, 2.05) is 6.07 Å². The monoisotopic (exact) mass is 356 g/mol. The van der Waals surface area contributed by atoms with Gasteiger partial charge in [0.2, 0.25) is 0 Å². The van der Waals surface area contributed by atoms with Gasteiger partial charge in [-0.05, 0) is 31.5 Å². The second-order valence-electron chi connectivity index (χ2n) is 4.76. The zero-order chi connectivity index (χ0) is 19.2. The summed E-state index contributed by atoms with van der Waals surface area (Å²) in [5.74, 6) is -7.30. The number of hydrogen-bond donors (Lipinski definition) is 6. The number of para-hydroxylation sites is 1. The van der Waals surface area contributed by atoms with E-state index in [1.165, 1.54) is 25.1 Å². The van der Waals surface area contributed by atoms with E-state index in [0.29, 0.717) is 6.04 Å². The Morgan fingerprint density at radius 2 is 1.40 bits per heavy atom. The van der Waals surface area contributed by atoms with Crippen LogP contribution in [0.25, 0.3) is 0 Å². The lowest BCUT2D eigenvalue weighted by atomic mass is 10.2. The van der Waals surface area contributed by atoms with Crippen molar-refractivity contribution in [1.29, 1.82) is 0 Å². The fourth-order valence-corrected chi connectivity index (χ4v) is 1.73. The van der Waals surface area contributed by atoms with Crippen molar-refractivity contribution in [3.05, 3.63) is 30.3 Å². The molecule has 138 valence electrons. The number of carboxylic acid groups (broad SMARTS) is 4. The SMILES string of the molecule is O=C(O)C(=O)O.O=C(O)C(=O)O.c1ccc(NCC2CCCN2)cc1. The standard InChI is InChI=1S/C11H16N2.2C2H2O4/c1-2-5-10(6-3-1)13-9-11-7-4-8-12-11;2*3-1(4)2(5)6/h1-3,5-6,11-13H,4,7-9H2;2*(H,3,4)(H,5,6). The zero-order valence-electron chi connectivity index (χ0n) is 13.2. The molecule has 1 atom stereocenters. The van der Waals surface area contributed by atoms with Crippen LogP contribution in [0.1, 0.15) is 12.8 Å². The van der Waals surface area contributed by atoms with E-state index < -0.39 is 23.9 Å². The van der Waals surface area contributed by atoms with Crippen molar-refractivity contribution >= 4 is 29.6 Å². The number of hydrogen-bond acceptors (Lipinski definition) is 6.